The molecule has 0 bridgehead atoms. The van der Waals surface area contributed by atoms with Gasteiger partial charge >= 0.3 is 0 Å². The molecule has 0 atom stereocenters. The molecule has 0 aromatic carbocycles. The lowest BCUT2D eigenvalue weighted by Gasteiger charge is -2.08. The Balaban J connectivity index is 2.28. The van der Waals surface area contributed by atoms with Crippen LogP contribution in [0.15, 0.2) is 22.9 Å². The first-order valence-electron chi connectivity index (χ1n) is 5.16. The summed E-state index contributed by atoms with van der Waals surface area (Å²) in [6.45, 7) is 2.79. The predicted octanol–water partition coefficient (Wildman–Crippen LogP) is 1.46. The Hall–Kier alpha value is -2.42. The van der Waals surface area contributed by atoms with Crippen molar-refractivity contribution in [3.63, 3.8) is 0 Å². The number of rotatable bonds is 3. The van der Waals surface area contributed by atoms with Crippen molar-refractivity contribution in [3.05, 3.63) is 23.9 Å². The van der Waals surface area contributed by atoms with Gasteiger partial charge < -0.3 is 9.42 Å². The van der Waals surface area contributed by atoms with Crippen LogP contribution in [0, 0.1) is 11.3 Å². The number of hydrogen-bond acceptors (Lipinski definition) is 6. The standard InChI is InChI=1S/C11H11N5O/c1-3-16(2)11-14-10(17-15-11)9-5-4-8(6-12)7-13-9/h4-5,7H,3H2,1-2H3. The monoisotopic (exact) mass is 229 g/mol. The minimum absolute atomic E-state index is 0.352. The summed E-state index contributed by atoms with van der Waals surface area (Å²) >= 11 is 0. The highest BCUT2D eigenvalue weighted by atomic mass is 16.5. The molecule has 0 radical (unpaired) electrons. The normalized spacial score (nSPS) is 9.94. The lowest BCUT2D eigenvalue weighted by molar-refractivity contribution is 0.429. The zero-order valence-corrected chi connectivity index (χ0v) is 9.58. The van der Waals surface area contributed by atoms with Crippen LogP contribution in [0.4, 0.5) is 5.95 Å². The maximum Gasteiger partial charge on any atom is 0.278 e. The largest absolute Gasteiger partial charge is 0.342 e. The summed E-state index contributed by atoms with van der Waals surface area (Å²) in [6.07, 6.45) is 1.47. The maximum atomic E-state index is 8.66. The molecule has 86 valence electrons. The Morgan fingerprint density at radius 3 is 2.88 bits per heavy atom. The minimum Gasteiger partial charge on any atom is -0.342 e. The fourth-order valence-electron chi connectivity index (χ4n) is 1.20. The summed E-state index contributed by atoms with van der Waals surface area (Å²) in [4.78, 5) is 10.1. The van der Waals surface area contributed by atoms with E-state index in [2.05, 4.69) is 15.1 Å². The number of nitrogens with zero attached hydrogens (tertiary/aromatic N) is 5. The van der Waals surface area contributed by atoms with Crippen LogP contribution in [0.1, 0.15) is 12.5 Å². The van der Waals surface area contributed by atoms with E-state index < -0.39 is 0 Å². The topological polar surface area (TPSA) is 78.8 Å². The third-order valence-electron chi connectivity index (χ3n) is 2.34. The van der Waals surface area contributed by atoms with E-state index >= 15 is 0 Å². The van der Waals surface area contributed by atoms with Crippen molar-refractivity contribution in [2.75, 3.05) is 18.5 Å². The number of hydrogen-bond donors (Lipinski definition) is 0. The Morgan fingerprint density at radius 1 is 1.47 bits per heavy atom. The Labute approximate surface area is 98.5 Å². The quantitative estimate of drug-likeness (QED) is 0.792. The highest BCUT2D eigenvalue weighted by Crippen LogP contribution is 2.17. The fourth-order valence-corrected chi connectivity index (χ4v) is 1.20. The predicted molar refractivity (Wildman–Crippen MR) is 61.2 cm³/mol. The second kappa shape index (κ2) is 4.61. The van der Waals surface area contributed by atoms with E-state index in [1.165, 1.54) is 6.20 Å². The van der Waals surface area contributed by atoms with Crippen LogP contribution in [0.3, 0.4) is 0 Å². The van der Waals surface area contributed by atoms with Crippen molar-refractivity contribution in [2.24, 2.45) is 0 Å². The second-order valence-corrected chi connectivity index (χ2v) is 3.46. The van der Waals surface area contributed by atoms with Crippen LogP contribution >= 0.6 is 0 Å². The summed E-state index contributed by atoms with van der Waals surface area (Å²) in [7, 11) is 1.88. The van der Waals surface area contributed by atoms with Gasteiger partial charge in [0, 0.05) is 19.8 Å². The Kier molecular flexibility index (Phi) is 3.01. The molecule has 0 aliphatic heterocycles. The first-order chi connectivity index (χ1) is 8.24. The fraction of sp³-hybridized carbons (Fsp3) is 0.273. The van der Waals surface area contributed by atoms with E-state index in [-0.39, 0.29) is 0 Å². The van der Waals surface area contributed by atoms with Crippen LogP contribution in [0.2, 0.25) is 0 Å². The van der Waals surface area contributed by atoms with Crippen LogP contribution in [-0.4, -0.2) is 28.7 Å². The van der Waals surface area contributed by atoms with Crippen molar-refractivity contribution < 1.29 is 4.52 Å². The first kappa shape index (κ1) is 11.1. The van der Waals surface area contributed by atoms with Gasteiger partial charge in [-0.15, -0.1) is 0 Å². The molecular weight excluding hydrogens is 218 g/mol. The lowest BCUT2D eigenvalue weighted by atomic mass is 10.3. The van der Waals surface area contributed by atoms with E-state index in [1.807, 2.05) is 24.9 Å². The van der Waals surface area contributed by atoms with Crippen molar-refractivity contribution >= 4 is 5.95 Å². The van der Waals surface area contributed by atoms with Gasteiger partial charge in [0.25, 0.3) is 11.8 Å². The molecule has 6 nitrogen and oxygen atoms in total. The van der Waals surface area contributed by atoms with Gasteiger partial charge in [-0.25, -0.2) is 4.98 Å². The maximum absolute atomic E-state index is 8.66. The van der Waals surface area contributed by atoms with Crippen molar-refractivity contribution in [3.8, 4) is 17.7 Å². The van der Waals surface area contributed by atoms with E-state index in [9.17, 15) is 0 Å². The number of pyridine rings is 1. The van der Waals surface area contributed by atoms with Gasteiger partial charge in [-0.3, -0.25) is 0 Å². The molecule has 0 spiro atoms. The molecule has 2 aromatic heterocycles. The average molecular weight is 229 g/mol. The molecule has 2 heterocycles. The summed E-state index contributed by atoms with van der Waals surface area (Å²) in [6, 6.07) is 5.35. The van der Waals surface area contributed by atoms with Crippen LogP contribution in [-0.2, 0) is 0 Å². The molecule has 0 aliphatic carbocycles. The van der Waals surface area contributed by atoms with Gasteiger partial charge in [0.05, 0.1) is 5.56 Å². The Morgan fingerprint density at radius 2 is 2.29 bits per heavy atom. The number of anilines is 1. The molecule has 0 amide bonds. The molecule has 2 aromatic rings. The van der Waals surface area contributed by atoms with Gasteiger partial charge in [0.2, 0.25) is 0 Å². The first-order valence-corrected chi connectivity index (χ1v) is 5.16. The van der Waals surface area contributed by atoms with Crippen molar-refractivity contribution in [1.29, 1.82) is 5.26 Å². The van der Waals surface area contributed by atoms with Crippen LogP contribution in [0.25, 0.3) is 11.6 Å². The highest BCUT2D eigenvalue weighted by molar-refractivity contribution is 5.49. The molecule has 0 aliphatic rings. The van der Waals surface area contributed by atoms with E-state index in [0.717, 1.165) is 6.54 Å². The molecule has 17 heavy (non-hydrogen) atoms. The molecular formula is C11H11N5O. The van der Waals surface area contributed by atoms with Crippen LogP contribution in [0.5, 0.6) is 0 Å². The Bertz CT molecular complexity index is 540. The zero-order valence-electron chi connectivity index (χ0n) is 9.58. The third kappa shape index (κ3) is 2.23. The van der Waals surface area contributed by atoms with E-state index in [0.29, 0.717) is 23.1 Å². The lowest BCUT2D eigenvalue weighted by Crippen LogP contribution is -2.16. The molecule has 0 unspecified atom stereocenters. The highest BCUT2D eigenvalue weighted by Gasteiger charge is 2.11. The van der Waals surface area contributed by atoms with Gasteiger partial charge in [-0.05, 0) is 24.2 Å². The summed E-state index contributed by atoms with van der Waals surface area (Å²) in [5, 5.41) is 12.5. The van der Waals surface area contributed by atoms with Gasteiger partial charge in [-0.2, -0.15) is 10.2 Å². The van der Waals surface area contributed by atoms with E-state index in [1.54, 1.807) is 12.1 Å². The second-order valence-electron chi connectivity index (χ2n) is 3.46. The van der Waals surface area contributed by atoms with Crippen molar-refractivity contribution in [1.82, 2.24) is 15.1 Å². The number of nitriles is 1. The molecule has 0 saturated heterocycles. The molecule has 6 heteroatoms. The van der Waals surface area contributed by atoms with Crippen molar-refractivity contribution in [2.45, 2.75) is 6.92 Å². The summed E-state index contributed by atoms with van der Waals surface area (Å²) < 4.78 is 5.10. The number of aromatic nitrogens is 3. The minimum atomic E-state index is 0.352. The smallest absolute Gasteiger partial charge is 0.278 e. The van der Waals surface area contributed by atoms with Gasteiger partial charge in [0.15, 0.2) is 0 Å². The van der Waals surface area contributed by atoms with Gasteiger partial charge in [0.1, 0.15) is 11.8 Å². The van der Waals surface area contributed by atoms with E-state index in [4.69, 9.17) is 9.78 Å². The molecule has 0 saturated carbocycles. The third-order valence-corrected chi connectivity index (χ3v) is 2.34. The SMILES string of the molecule is CCN(C)c1noc(-c2ccc(C#N)cn2)n1. The summed E-state index contributed by atoms with van der Waals surface area (Å²) in [5.74, 6) is 0.874. The zero-order chi connectivity index (χ0) is 12.3. The van der Waals surface area contributed by atoms with Crippen LogP contribution < -0.4 is 4.90 Å². The average Bonchev–Trinajstić information content (AvgIpc) is 2.87. The van der Waals surface area contributed by atoms with Gasteiger partial charge in [-0.1, -0.05) is 0 Å². The summed E-state index contributed by atoms with van der Waals surface area (Å²) in [5.41, 5.74) is 1.06. The molecule has 2 rings (SSSR count). The molecule has 0 fully saturated rings. The molecule has 0 N–H and O–H groups in total.